The van der Waals surface area contributed by atoms with Gasteiger partial charge in [-0.2, -0.15) is 0 Å². The maximum Gasteiger partial charge on any atom is 0.191 e. The summed E-state index contributed by atoms with van der Waals surface area (Å²) in [6.45, 7) is 10.5. The van der Waals surface area contributed by atoms with Crippen molar-refractivity contribution in [2.75, 3.05) is 32.8 Å². The molecule has 0 amide bonds. The molecule has 0 fully saturated rings. The van der Waals surface area contributed by atoms with E-state index in [1.54, 1.807) is 0 Å². The minimum Gasteiger partial charge on any atom is -0.382 e. The number of guanidine groups is 1. The Bertz CT molecular complexity index is 663. The van der Waals surface area contributed by atoms with E-state index in [2.05, 4.69) is 58.9 Å². The first-order chi connectivity index (χ1) is 12.3. The first-order valence-corrected chi connectivity index (χ1v) is 9.41. The molecule has 0 aliphatic carbocycles. The molecule has 2 rings (SSSR count). The number of ether oxygens (including phenoxy) is 1. The standard InChI is InChI=1S/C20H32N4O/c1-4-21-20(22-12-6-7-14-25-5-2)23-13-11-17-15-24-19-16(3)9-8-10-18(17)19/h8-10,15,24H,4-7,11-14H2,1-3H3,(H2,21,22,23). The van der Waals surface area contributed by atoms with Gasteiger partial charge in [0.15, 0.2) is 5.96 Å². The number of fused-ring (bicyclic) bond motifs is 1. The van der Waals surface area contributed by atoms with Crippen LogP contribution >= 0.6 is 0 Å². The van der Waals surface area contributed by atoms with Crippen LogP contribution in [0.15, 0.2) is 29.4 Å². The normalized spacial score (nSPS) is 11.9. The summed E-state index contributed by atoms with van der Waals surface area (Å²) in [5, 5.41) is 8.06. The molecule has 0 bridgehead atoms. The number of aliphatic imine (C=N–C) groups is 1. The Morgan fingerprint density at radius 1 is 1.20 bits per heavy atom. The molecule has 0 saturated heterocycles. The maximum absolute atomic E-state index is 5.36. The number of para-hydroxylation sites is 1. The van der Waals surface area contributed by atoms with Gasteiger partial charge in [-0.25, -0.2) is 0 Å². The van der Waals surface area contributed by atoms with Crippen molar-refractivity contribution >= 4 is 16.9 Å². The summed E-state index contributed by atoms with van der Waals surface area (Å²) in [7, 11) is 0. The minimum absolute atomic E-state index is 0.792. The number of benzene rings is 1. The summed E-state index contributed by atoms with van der Waals surface area (Å²) in [6.07, 6.45) is 5.21. The fraction of sp³-hybridized carbons (Fsp3) is 0.550. The number of aromatic amines is 1. The van der Waals surface area contributed by atoms with Crippen LogP contribution in [0.5, 0.6) is 0 Å². The number of aromatic nitrogens is 1. The number of aryl methyl sites for hydroxylation is 1. The van der Waals surface area contributed by atoms with Gasteiger partial charge in [-0.05, 0) is 51.2 Å². The van der Waals surface area contributed by atoms with Crippen LogP contribution in [-0.2, 0) is 11.2 Å². The molecule has 0 aliphatic rings. The summed E-state index contributed by atoms with van der Waals surface area (Å²) < 4.78 is 5.36. The first-order valence-electron chi connectivity index (χ1n) is 9.41. The quantitative estimate of drug-likeness (QED) is 0.352. The van der Waals surface area contributed by atoms with Crippen molar-refractivity contribution in [3.63, 3.8) is 0 Å². The van der Waals surface area contributed by atoms with Gasteiger partial charge in [0.1, 0.15) is 0 Å². The van der Waals surface area contributed by atoms with Gasteiger partial charge in [-0.15, -0.1) is 0 Å². The highest BCUT2D eigenvalue weighted by Crippen LogP contribution is 2.21. The molecule has 0 unspecified atom stereocenters. The molecule has 2 aromatic rings. The molecular formula is C20H32N4O. The largest absolute Gasteiger partial charge is 0.382 e. The second kappa shape index (κ2) is 10.8. The number of unbranched alkanes of at least 4 members (excludes halogenated alkanes) is 1. The van der Waals surface area contributed by atoms with Gasteiger partial charge < -0.3 is 20.4 Å². The highest BCUT2D eigenvalue weighted by atomic mass is 16.5. The van der Waals surface area contributed by atoms with Crippen LogP contribution in [0.1, 0.15) is 37.8 Å². The molecule has 0 aliphatic heterocycles. The van der Waals surface area contributed by atoms with E-state index in [9.17, 15) is 0 Å². The fourth-order valence-corrected chi connectivity index (χ4v) is 2.88. The Morgan fingerprint density at radius 2 is 2.08 bits per heavy atom. The van der Waals surface area contributed by atoms with Crippen molar-refractivity contribution in [2.45, 2.75) is 40.0 Å². The molecule has 5 nitrogen and oxygen atoms in total. The summed E-state index contributed by atoms with van der Waals surface area (Å²) in [6, 6.07) is 6.45. The van der Waals surface area contributed by atoms with E-state index in [0.717, 1.165) is 58.1 Å². The third-order valence-corrected chi connectivity index (χ3v) is 4.21. The van der Waals surface area contributed by atoms with E-state index >= 15 is 0 Å². The van der Waals surface area contributed by atoms with Gasteiger partial charge in [0, 0.05) is 49.9 Å². The summed E-state index contributed by atoms with van der Waals surface area (Å²) in [5.74, 6) is 0.898. The van der Waals surface area contributed by atoms with Gasteiger partial charge in [0.05, 0.1) is 0 Å². The molecular weight excluding hydrogens is 312 g/mol. The van der Waals surface area contributed by atoms with E-state index in [-0.39, 0.29) is 0 Å². The van der Waals surface area contributed by atoms with Crippen LogP contribution in [0.4, 0.5) is 0 Å². The van der Waals surface area contributed by atoms with E-state index in [4.69, 9.17) is 4.74 Å². The van der Waals surface area contributed by atoms with E-state index in [1.807, 2.05) is 6.92 Å². The Labute approximate surface area is 151 Å². The van der Waals surface area contributed by atoms with Crippen molar-refractivity contribution in [3.05, 3.63) is 35.5 Å². The highest BCUT2D eigenvalue weighted by Gasteiger charge is 2.05. The predicted octanol–water partition coefficient (Wildman–Crippen LogP) is 3.39. The SMILES string of the molecule is CCNC(=NCCCCOCC)NCCc1c[nH]c2c(C)cccc12. The van der Waals surface area contributed by atoms with Crippen LogP contribution < -0.4 is 10.6 Å². The zero-order chi connectivity index (χ0) is 17.9. The first kappa shape index (κ1) is 19.3. The molecule has 25 heavy (non-hydrogen) atoms. The highest BCUT2D eigenvalue weighted by molar-refractivity contribution is 5.86. The van der Waals surface area contributed by atoms with Gasteiger partial charge in [-0.1, -0.05) is 18.2 Å². The summed E-state index contributed by atoms with van der Waals surface area (Å²) in [5.41, 5.74) is 3.88. The molecule has 0 radical (unpaired) electrons. The Morgan fingerprint density at radius 3 is 2.88 bits per heavy atom. The molecule has 0 saturated carbocycles. The number of hydrogen-bond acceptors (Lipinski definition) is 2. The van der Waals surface area contributed by atoms with Crippen LogP contribution in [0.2, 0.25) is 0 Å². The van der Waals surface area contributed by atoms with Crippen molar-refractivity contribution in [1.29, 1.82) is 0 Å². The van der Waals surface area contributed by atoms with E-state index in [0.29, 0.717) is 0 Å². The lowest BCUT2D eigenvalue weighted by Crippen LogP contribution is -2.38. The predicted molar refractivity (Wildman–Crippen MR) is 106 cm³/mol. The van der Waals surface area contributed by atoms with Crippen molar-refractivity contribution in [1.82, 2.24) is 15.6 Å². The Balaban J connectivity index is 1.80. The summed E-state index contributed by atoms with van der Waals surface area (Å²) >= 11 is 0. The lowest BCUT2D eigenvalue weighted by atomic mass is 10.1. The molecule has 1 aromatic carbocycles. The van der Waals surface area contributed by atoms with Gasteiger partial charge in [0.2, 0.25) is 0 Å². The van der Waals surface area contributed by atoms with Crippen molar-refractivity contribution < 1.29 is 4.74 Å². The van der Waals surface area contributed by atoms with Crippen molar-refractivity contribution in [2.24, 2.45) is 4.99 Å². The molecule has 1 aromatic heterocycles. The van der Waals surface area contributed by atoms with Crippen LogP contribution in [0.25, 0.3) is 10.9 Å². The van der Waals surface area contributed by atoms with Gasteiger partial charge >= 0.3 is 0 Å². The van der Waals surface area contributed by atoms with Crippen LogP contribution in [0.3, 0.4) is 0 Å². The van der Waals surface area contributed by atoms with E-state index < -0.39 is 0 Å². The number of H-pyrrole nitrogens is 1. The zero-order valence-corrected chi connectivity index (χ0v) is 15.8. The summed E-state index contributed by atoms with van der Waals surface area (Å²) in [4.78, 5) is 8.03. The third kappa shape index (κ3) is 6.09. The van der Waals surface area contributed by atoms with Gasteiger partial charge in [-0.3, -0.25) is 4.99 Å². The molecule has 138 valence electrons. The monoisotopic (exact) mass is 344 g/mol. The fourth-order valence-electron chi connectivity index (χ4n) is 2.88. The third-order valence-electron chi connectivity index (χ3n) is 4.21. The van der Waals surface area contributed by atoms with Crippen molar-refractivity contribution in [3.8, 4) is 0 Å². The minimum atomic E-state index is 0.792. The zero-order valence-electron chi connectivity index (χ0n) is 15.8. The van der Waals surface area contributed by atoms with E-state index in [1.165, 1.54) is 22.0 Å². The second-order valence-electron chi connectivity index (χ2n) is 6.15. The number of nitrogens with zero attached hydrogens (tertiary/aromatic N) is 1. The smallest absolute Gasteiger partial charge is 0.191 e. The number of rotatable bonds is 10. The molecule has 3 N–H and O–H groups in total. The topological polar surface area (TPSA) is 61.4 Å². The second-order valence-corrected chi connectivity index (χ2v) is 6.15. The Kier molecular flexibility index (Phi) is 8.32. The molecule has 5 heteroatoms. The van der Waals surface area contributed by atoms with Gasteiger partial charge in [0.25, 0.3) is 0 Å². The maximum atomic E-state index is 5.36. The average Bonchev–Trinajstić information content (AvgIpc) is 3.02. The molecule has 0 atom stereocenters. The molecule has 1 heterocycles. The molecule has 0 spiro atoms. The lowest BCUT2D eigenvalue weighted by Gasteiger charge is -2.11. The van der Waals surface area contributed by atoms with Crippen LogP contribution in [-0.4, -0.2) is 43.8 Å². The average molecular weight is 345 g/mol. The number of nitrogens with one attached hydrogen (secondary N) is 3. The van der Waals surface area contributed by atoms with Crippen LogP contribution in [0, 0.1) is 6.92 Å². The Hall–Kier alpha value is -2.01. The number of hydrogen-bond donors (Lipinski definition) is 3. The lowest BCUT2D eigenvalue weighted by molar-refractivity contribution is 0.144.